The second-order valence-electron chi connectivity index (χ2n) is 9.02. The number of piperazine rings is 1. The molecule has 2 atom stereocenters. The van der Waals surface area contributed by atoms with Crippen molar-refractivity contribution >= 4 is 28.9 Å². The molecule has 0 radical (unpaired) electrons. The minimum absolute atomic E-state index is 0.208. The fourth-order valence-corrected chi connectivity index (χ4v) is 5.24. The Labute approximate surface area is 220 Å². The number of rotatable bonds is 9. The maximum Gasteiger partial charge on any atom is 0.215 e. The fraction of sp³-hybridized carbons (Fsp3) is 0.423. The summed E-state index contributed by atoms with van der Waals surface area (Å²) in [6, 6.07) is 13.5. The van der Waals surface area contributed by atoms with Crippen molar-refractivity contribution in [3.8, 4) is 5.75 Å². The number of aliphatic hydroxyl groups is 1. The summed E-state index contributed by atoms with van der Waals surface area (Å²) in [4.78, 5) is 8.76. The highest BCUT2D eigenvalue weighted by Crippen LogP contribution is 2.40. The van der Waals surface area contributed by atoms with E-state index in [1.54, 1.807) is 24.7 Å². The van der Waals surface area contributed by atoms with Gasteiger partial charge in [-0.25, -0.2) is 4.98 Å². The van der Waals surface area contributed by atoms with Crippen LogP contribution in [-0.2, 0) is 21.8 Å². The highest BCUT2D eigenvalue weighted by atomic mass is 35.5. The molecule has 2 aliphatic heterocycles. The predicted molar refractivity (Wildman–Crippen MR) is 139 cm³/mol. The van der Waals surface area contributed by atoms with Crippen LogP contribution in [0.15, 0.2) is 61.2 Å². The van der Waals surface area contributed by atoms with Gasteiger partial charge in [0.15, 0.2) is 0 Å². The molecule has 0 saturated carbocycles. The average molecular weight is 533 g/mol. The Balaban J connectivity index is 1.21. The molecule has 0 amide bonds. The molecule has 3 heterocycles. The molecule has 3 aromatic rings. The van der Waals surface area contributed by atoms with Crippen molar-refractivity contribution in [2.75, 3.05) is 57.4 Å². The number of aliphatic hydroxyl groups excluding tert-OH is 1. The Hall–Kier alpha value is -2.33. The third kappa shape index (κ3) is 5.80. The lowest BCUT2D eigenvalue weighted by Gasteiger charge is -2.35. The molecule has 0 aliphatic carbocycles. The molecule has 1 aromatic heterocycles. The smallest absolute Gasteiger partial charge is 0.215 e. The van der Waals surface area contributed by atoms with E-state index in [4.69, 9.17) is 42.5 Å². The van der Waals surface area contributed by atoms with Crippen molar-refractivity contribution in [2.24, 2.45) is 0 Å². The zero-order chi connectivity index (χ0) is 25.0. The van der Waals surface area contributed by atoms with Crippen LogP contribution in [0.5, 0.6) is 5.75 Å². The second-order valence-corrected chi connectivity index (χ2v) is 9.86. The van der Waals surface area contributed by atoms with Gasteiger partial charge >= 0.3 is 0 Å². The van der Waals surface area contributed by atoms with Gasteiger partial charge in [-0.15, -0.1) is 0 Å². The SMILES string of the molecule is OCCN1CCN(c2ccc(OC[C@@H]3CO[C@@](Cn4ccnc4)(c4ccc(Cl)cc4Cl)O3)cc2)CC1. The minimum Gasteiger partial charge on any atom is -0.491 e. The van der Waals surface area contributed by atoms with Gasteiger partial charge in [-0.2, -0.15) is 0 Å². The van der Waals surface area contributed by atoms with E-state index in [0.29, 0.717) is 35.4 Å². The zero-order valence-corrected chi connectivity index (χ0v) is 21.4. The number of nitrogens with zero attached hydrogens (tertiary/aromatic N) is 4. The lowest BCUT2D eigenvalue weighted by atomic mass is 10.1. The highest BCUT2D eigenvalue weighted by molar-refractivity contribution is 6.35. The second kappa shape index (κ2) is 11.4. The molecule has 2 aliphatic rings. The van der Waals surface area contributed by atoms with Crippen LogP contribution in [-0.4, -0.2) is 78.2 Å². The van der Waals surface area contributed by atoms with Crippen LogP contribution in [0, 0.1) is 0 Å². The Morgan fingerprint density at radius 1 is 1.08 bits per heavy atom. The van der Waals surface area contributed by atoms with Gasteiger partial charge in [-0.3, -0.25) is 4.90 Å². The van der Waals surface area contributed by atoms with Crippen LogP contribution in [0.4, 0.5) is 5.69 Å². The van der Waals surface area contributed by atoms with Gasteiger partial charge in [0.05, 0.1) is 31.1 Å². The summed E-state index contributed by atoms with van der Waals surface area (Å²) in [5.41, 5.74) is 1.89. The Kier molecular flexibility index (Phi) is 8.00. The van der Waals surface area contributed by atoms with Crippen LogP contribution in [0.25, 0.3) is 0 Å². The lowest BCUT2D eigenvalue weighted by Crippen LogP contribution is -2.47. The predicted octanol–water partition coefficient (Wildman–Crippen LogP) is 3.65. The Morgan fingerprint density at radius 2 is 1.89 bits per heavy atom. The summed E-state index contributed by atoms with van der Waals surface area (Å²) >= 11 is 12.7. The molecule has 2 fully saturated rings. The first kappa shape index (κ1) is 25.3. The number of anilines is 1. The third-order valence-corrected chi connectivity index (χ3v) is 7.12. The van der Waals surface area contributed by atoms with Gasteiger partial charge in [-0.05, 0) is 36.4 Å². The molecule has 5 rings (SSSR count). The molecule has 2 aromatic carbocycles. The maximum absolute atomic E-state index is 9.13. The number of aromatic nitrogens is 2. The fourth-order valence-electron chi connectivity index (χ4n) is 4.69. The first-order chi connectivity index (χ1) is 17.5. The molecule has 36 heavy (non-hydrogen) atoms. The van der Waals surface area contributed by atoms with Crippen LogP contribution < -0.4 is 9.64 Å². The summed E-state index contributed by atoms with van der Waals surface area (Å²) in [7, 11) is 0. The third-order valence-electron chi connectivity index (χ3n) is 6.58. The van der Waals surface area contributed by atoms with Crippen LogP contribution in [0.3, 0.4) is 0 Å². The molecule has 192 valence electrons. The van der Waals surface area contributed by atoms with Gasteiger partial charge in [0.25, 0.3) is 0 Å². The van der Waals surface area contributed by atoms with E-state index >= 15 is 0 Å². The van der Waals surface area contributed by atoms with E-state index < -0.39 is 5.79 Å². The van der Waals surface area contributed by atoms with Crippen LogP contribution in [0.1, 0.15) is 5.56 Å². The van der Waals surface area contributed by atoms with E-state index in [9.17, 15) is 0 Å². The van der Waals surface area contributed by atoms with Crippen LogP contribution >= 0.6 is 23.2 Å². The molecule has 0 unspecified atom stereocenters. The van der Waals surface area contributed by atoms with Crippen LogP contribution in [0.2, 0.25) is 10.0 Å². The van der Waals surface area contributed by atoms with Crippen molar-refractivity contribution in [3.63, 3.8) is 0 Å². The van der Waals surface area contributed by atoms with Crippen molar-refractivity contribution in [2.45, 2.75) is 18.4 Å². The van der Waals surface area contributed by atoms with Gasteiger partial charge in [0, 0.05) is 61.4 Å². The van der Waals surface area contributed by atoms with E-state index in [-0.39, 0.29) is 12.7 Å². The summed E-state index contributed by atoms with van der Waals surface area (Å²) in [6.07, 6.45) is 5.01. The van der Waals surface area contributed by atoms with E-state index in [0.717, 1.165) is 38.5 Å². The van der Waals surface area contributed by atoms with Crippen molar-refractivity contribution in [3.05, 3.63) is 76.8 Å². The maximum atomic E-state index is 9.13. The van der Waals surface area contributed by atoms with E-state index in [2.05, 4.69) is 26.9 Å². The molecular weight excluding hydrogens is 503 g/mol. The summed E-state index contributed by atoms with van der Waals surface area (Å²) in [5, 5.41) is 10.2. The monoisotopic (exact) mass is 532 g/mol. The molecule has 1 N–H and O–H groups in total. The lowest BCUT2D eigenvalue weighted by molar-refractivity contribution is -0.189. The quantitative estimate of drug-likeness (QED) is 0.450. The number of hydrogen-bond acceptors (Lipinski definition) is 7. The molecular formula is C26H30Cl2N4O4. The largest absolute Gasteiger partial charge is 0.491 e. The standard InChI is InChI=1S/C26H30Cl2N4O4/c27-20-1-6-24(25(28)15-20)26(18-31-8-7-29-19-31)35-17-23(36-26)16-34-22-4-2-21(3-5-22)32-11-9-30(10-12-32)13-14-33/h1-8,15,19,23,33H,9-14,16-18H2/t23-,26-/m1/s1. The summed E-state index contributed by atoms with van der Waals surface area (Å²) in [5.74, 6) is -0.295. The summed E-state index contributed by atoms with van der Waals surface area (Å²) in [6.45, 7) is 5.84. The van der Waals surface area contributed by atoms with Crippen molar-refractivity contribution < 1.29 is 19.3 Å². The highest BCUT2D eigenvalue weighted by Gasteiger charge is 2.45. The number of imidazole rings is 1. The topological polar surface area (TPSA) is 72.2 Å². The Bertz CT molecular complexity index is 1120. The van der Waals surface area contributed by atoms with E-state index in [1.165, 1.54) is 5.69 Å². The number of halogens is 2. The number of ether oxygens (including phenoxy) is 3. The molecule has 8 nitrogen and oxygen atoms in total. The molecule has 10 heteroatoms. The minimum atomic E-state index is -1.07. The number of benzene rings is 2. The van der Waals surface area contributed by atoms with Gasteiger partial charge in [-0.1, -0.05) is 29.3 Å². The zero-order valence-electron chi connectivity index (χ0n) is 19.9. The first-order valence-corrected chi connectivity index (χ1v) is 12.8. The normalized spacial score (nSPS) is 22.8. The first-order valence-electron chi connectivity index (χ1n) is 12.1. The van der Waals surface area contributed by atoms with E-state index in [1.807, 2.05) is 29.0 Å². The molecule has 0 bridgehead atoms. The van der Waals surface area contributed by atoms with Crippen molar-refractivity contribution in [1.82, 2.24) is 14.5 Å². The number of β-amino-alcohol motifs (C(OH)–C–C–N with tert-alkyl or cyclic N) is 1. The molecule has 0 spiro atoms. The van der Waals surface area contributed by atoms with Gasteiger partial charge in [0.1, 0.15) is 18.5 Å². The molecule has 2 saturated heterocycles. The van der Waals surface area contributed by atoms with Gasteiger partial charge in [0.2, 0.25) is 5.79 Å². The average Bonchev–Trinajstić information content (AvgIpc) is 3.54. The summed E-state index contributed by atoms with van der Waals surface area (Å²) < 4.78 is 20.6. The van der Waals surface area contributed by atoms with Gasteiger partial charge < -0.3 is 28.8 Å². The number of hydrogen-bond donors (Lipinski definition) is 1. The van der Waals surface area contributed by atoms with Crippen molar-refractivity contribution in [1.29, 1.82) is 0 Å². The Morgan fingerprint density at radius 3 is 2.58 bits per heavy atom.